The average molecular weight is 392 g/mol. The third-order valence-electron chi connectivity index (χ3n) is 5.66. The molecule has 3 atom stereocenters. The van der Waals surface area contributed by atoms with Gasteiger partial charge in [-0.3, -0.25) is 4.90 Å². The summed E-state index contributed by atoms with van der Waals surface area (Å²) in [5.41, 5.74) is 2.15. The van der Waals surface area contributed by atoms with Gasteiger partial charge >= 0.3 is 6.18 Å². The number of alkyl halides is 3. The van der Waals surface area contributed by atoms with Crippen LogP contribution in [0.5, 0.6) is 0 Å². The molecule has 2 aromatic rings. The summed E-state index contributed by atoms with van der Waals surface area (Å²) in [7, 11) is 0. The Morgan fingerprint density at radius 1 is 1.14 bits per heavy atom. The van der Waals surface area contributed by atoms with Gasteiger partial charge in [0.15, 0.2) is 0 Å². The van der Waals surface area contributed by atoms with Gasteiger partial charge in [-0.2, -0.15) is 13.2 Å². The number of rotatable bonds is 6. The van der Waals surface area contributed by atoms with Crippen LogP contribution in [-0.2, 0) is 5.41 Å². The molecule has 3 nitrogen and oxygen atoms in total. The second kappa shape index (κ2) is 8.13. The summed E-state index contributed by atoms with van der Waals surface area (Å²) in [6.07, 6.45) is -3.46. The Hall–Kier alpha value is -2.05. The number of aliphatic hydroxyl groups excluding tert-OH is 1. The van der Waals surface area contributed by atoms with E-state index in [1.165, 1.54) is 0 Å². The maximum Gasteiger partial charge on any atom is 0.405 e. The van der Waals surface area contributed by atoms with Crippen molar-refractivity contribution < 1.29 is 18.3 Å². The first-order valence-corrected chi connectivity index (χ1v) is 9.55. The molecule has 0 unspecified atom stereocenters. The minimum atomic E-state index is -4.27. The lowest BCUT2D eigenvalue weighted by atomic mass is 9.79. The van der Waals surface area contributed by atoms with Crippen LogP contribution in [0.3, 0.4) is 0 Å². The van der Waals surface area contributed by atoms with Crippen molar-refractivity contribution in [1.29, 1.82) is 0 Å². The summed E-state index contributed by atoms with van der Waals surface area (Å²) in [5, 5.41) is 12.6. The summed E-state index contributed by atoms with van der Waals surface area (Å²) >= 11 is 0. The summed E-state index contributed by atoms with van der Waals surface area (Å²) in [5.74, 6) is 0. The Balaban J connectivity index is 1.86. The Morgan fingerprint density at radius 3 is 2.43 bits per heavy atom. The van der Waals surface area contributed by atoms with Gasteiger partial charge in [0.1, 0.15) is 6.54 Å². The van der Waals surface area contributed by atoms with Crippen LogP contribution < -0.4 is 5.32 Å². The van der Waals surface area contributed by atoms with Crippen molar-refractivity contribution in [2.45, 2.75) is 43.9 Å². The summed E-state index contributed by atoms with van der Waals surface area (Å²) in [6.45, 7) is 3.82. The highest BCUT2D eigenvalue weighted by Crippen LogP contribution is 2.44. The predicted molar refractivity (Wildman–Crippen MR) is 105 cm³/mol. The Bertz CT molecular complexity index is 781. The Morgan fingerprint density at radius 2 is 1.79 bits per heavy atom. The molecule has 0 spiro atoms. The highest BCUT2D eigenvalue weighted by Gasteiger charge is 2.43. The molecule has 2 N–H and O–H groups in total. The van der Waals surface area contributed by atoms with E-state index in [0.717, 1.165) is 17.5 Å². The van der Waals surface area contributed by atoms with E-state index < -0.39 is 12.7 Å². The lowest BCUT2D eigenvalue weighted by molar-refractivity contribution is -0.115. The molecule has 1 aliphatic rings. The van der Waals surface area contributed by atoms with Crippen LogP contribution in [0.2, 0.25) is 0 Å². The van der Waals surface area contributed by atoms with Crippen LogP contribution in [0.15, 0.2) is 54.6 Å². The Labute approximate surface area is 164 Å². The minimum absolute atomic E-state index is 0.00158. The van der Waals surface area contributed by atoms with E-state index >= 15 is 0 Å². The van der Waals surface area contributed by atoms with Crippen molar-refractivity contribution in [3.05, 3.63) is 65.7 Å². The number of hydrogen-bond acceptors (Lipinski definition) is 3. The maximum atomic E-state index is 12.7. The topological polar surface area (TPSA) is 35.5 Å². The maximum absolute atomic E-state index is 12.7. The lowest BCUT2D eigenvalue weighted by Crippen LogP contribution is -2.36. The van der Waals surface area contributed by atoms with E-state index in [2.05, 4.69) is 24.1 Å². The van der Waals surface area contributed by atoms with E-state index in [9.17, 15) is 18.3 Å². The third-order valence-corrected chi connectivity index (χ3v) is 5.66. The SMILES string of the molecule is C[C@H]1C[C@](C)(c2ccccc2NCC(F)(F)F)CN1[C@H](CO)c1ccccc1. The molecular formula is C22H27F3N2O. The first-order chi connectivity index (χ1) is 13.2. The van der Waals surface area contributed by atoms with Crippen molar-refractivity contribution in [3.63, 3.8) is 0 Å². The minimum Gasteiger partial charge on any atom is -0.394 e. The number of nitrogens with zero attached hydrogens (tertiary/aromatic N) is 1. The van der Waals surface area contributed by atoms with Gasteiger partial charge in [0.2, 0.25) is 0 Å². The number of hydrogen-bond donors (Lipinski definition) is 2. The molecule has 0 bridgehead atoms. The van der Waals surface area contributed by atoms with Gasteiger partial charge in [-0.15, -0.1) is 0 Å². The number of benzene rings is 2. The summed E-state index contributed by atoms with van der Waals surface area (Å²) in [4.78, 5) is 2.26. The number of nitrogens with one attached hydrogen (secondary N) is 1. The fourth-order valence-corrected chi connectivity index (χ4v) is 4.44. The highest BCUT2D eigenvalue weighted by molar-refractivity contribution is 5.55. The van der Waals surface area contributed by atoms with Gasteiger partial charge in [0, 0.05) is 23.7 Å². The lowest BCUT2D eigenvalue weighted by Gasteiger charge is -2.32. The molecule has 1 heterocycles. The predicted octanol–water partition coefficient (Wildman–Crippen LogP) is 4.75. The molecule has 1 aliphatic heterocycles. The highest BCUT2D eigenvalue weighted by atomic mass is 19.4. The zero-order valence-electron chi connectivity index (χ0n) is 16.2. The zero-order chi connectivity index (χ0) is 20.4. The van der Waals surface area contributed by atoms with E-state index in [4.69, 9.17) is 0 Å². The van der Waals surface area contributed by atoms with Gasteiger partial charge in [-0.05, 0) is 30.5 Å². The fraction of sp³-hybridized carbons (Fsp3) is 0.455. The molecule has 0 saturated carbocycles. The number of aliphatic hydroxyl groups is 1. The van der Waals surface area contributed by atoms with Crippen molar-refractivity contribution in [2.24, 2.45) is 0 Å². The van der Waals surface area contributed by atoms with Crippen molar-refractivity contribution >= 4 is 5.69 Å². The van der Waals surface area contributed by atoms with Crippen LogP contribution in [0.4, 0.5) is 18.9 Å². The van der Waals surface area contributed by atoms with Gasteiger partial charge < -0.3 is 10.4 Å². The van der Waals surface area contributed by atoms with E-state index in [1.54, 1.807) is 12.1 Å². The van der Waals surface area contributed by atoms with Gasteiger partial charge in [-0.25, -0.2) is 0 Å². The molecule has 1 saturated heterocycles. The first-order valence-electron chi connectivity index (χ1n) is 9.55. The van der Waals surface area contributed by atoms with E-state index in [-0.39, 0.29) is 24.1 Å². The number of likely N-dealkylation sites (tertiary alicyclic amines) is 1. The summed E-state index contributed by atoms with van der Waals surface area (Å²) < 4.78 is 38.1. The third kappa shape index (κ3) is 4.50. The molecule has 2 aromatic carbocycles. The number of halogens is 3. The van der Waals surface area contributed by atoms with Crippen LogP contribution >= 0.6 is 0 Å². The number of para-hydroxylation sites is 1. The molecule has 1 fully saturated rings. The van der Waals surface area contributed by atoms with E-state index in [1.807, 2.05) is 42.5 Å². The molecule has 152 valence electrons. The smallest absolute Gasteiger partial charge is 0.394 e. The van der Waals surface area contributed by atoms with Crippen LogP contribution in [0, 0.1) is 0 Å². The largest absolute Gasteiger partial charge is 0.405 e. The number of anilines is 1. The first kappa shape index (κ1) is 20.7. The summed E-state index contributed by atoms with van der Waals surface area (Å²) in [6, 6.07) is 17.2. The molecule has 28 heavy (non-hydrogen) atoms. The van der Waals surface area contributed by atoms with Gasteiger partial charge in [-0.1, -0.05) is 55.5 Å². The molecule has 6 heteroatoms. The average Bonchev–Trinajstić information content (AvgIpc) is 2.97. The second-order valence-corrected chi connectivity index (χ2v) is 7.91. The van der Waals surface area contributed by atoms with Crippen molar-refractivity contribution in [3.8, 4) is 0 Å². The van der Waals surface area contributed by atoms with Crippen molar-refractivity contribution in [2.75, 3.05) is 25.0 Å². The van der Waals surface area contributed by atoms with Crippen LogP contribution in [0.25, 0.3) is 0 Å². The molecule has 0 aromatic heterocycles. The molecule has 3 rings (SSSR count). The molecule has 0 radical (unpaired) electrons. The molecular weight excluding hydrogens is 365 g/mol. The van der Waals surface area contributed by atoms with Crippen LogP contribution in [0.1, 0.15) is 37.4 Å². The fourth-order valence-electron chi connectivity index (χ4n) is 4.44. The van der Waals surface area contributed by atoms with Crippen molar-refractivity contribution in [1.82, 2.24) is 4.90 Å². The normalized spacial score (nSPS) is 24.3. The van der Waals surface area contributed by atoms with Gasteiger partial charge in [0.05, 0.1) is 12.6 Å². The zero-order valence-corrected chi connectivity index (χ0v) is 16.2. The quantitative estimate of drug-likeness (QED) is 0.745. The molecule has 0 amide bonds. The standard InChI is InChI=1S/C22H27F3N2O/c1-16-12-21(2,15-27(16)20(13-28)17-8-4-3-5-9-17)18-10-6-7-11-19(18)26-14-22(23,24)25/h3-11,16,20,26,28H,12-15H2,1-2H3/t16-,20+,21-/m0/s1. The van der Waals surface area contributed by atoms with Crippen LogP contribution in [-0.4, -0.2) is 41.9 Å². The van der Waals surface area contributed by atoms with Gasteiger partial charge in [0.25, 0.3) is 0 Å². The monoisotopic (exact) mass is 392 g/mol. The van der Waals surface area contributed by atoms with E-state index in [0.29, 0.717) is 12.2 Å². The molecule has 0 aliphatic carbocycles. The Kier molecular flexibility index (Phi) is 6.01. The second-order valence-electron chi connectivity index (χ2n) is 7.91.